The van der Waals surface area contributed by atoms with Crippen molar-refractivity contribution in [3.05, 3.63) is 18.0 Å². The van der Waals surface area contributed by atoms with E-state index in [0.29, 0.717) is 11.4 Å². The number of aromatic amines is 1. The van der Waals surface area contributed by atoms with Crippen LogP contribution in [0.4, 0.5) is 0 Å². The van der Waals surface area contributed by atoms with Gasteiger partial charge in [-0.15, -0.1) is 5.10 Å². The second kappa shape index (κ2) is 4.25. The molecule has 0 aromatic carbocycles. The lowest BCUT2D eigenvalue weighted by Crippen LogP contribution is -2.24. The van der Waals surface area contributed by atoms with Crippen LogP contribution in [-0.4, -0.2) is 36.8 Å². The number of aromatic nitrogens is 5. The fraction of sp³-hybridized carbons (Fsp3) is 0.455. The molecule has 0 amide bonds. The maximum absolute atomic E-state index is 12.0. The van der Waals surface area contributed by atoms with Crippen molar-refractivity contribution in [2.75, 3.05) is 0 Å². The van der Waals surface area contributed by atoms with E-state index in [0.717, 1.165) is 0 Å². The summed E-state index contributed by atoms with van der Waals surface area (Å²) in [5.74, 6) is -0.507. The Bertz CT molecular complexity index is 564. The van der Waals surface area contributed by atoms with Gasteiger partial charge in [-0.3, -0.25) is 4.68 Å². The third-order valence-corrected chi connectivity index (χ3v) is 2.20. The molecule has 2 aromatic rings. The van der Waals surface area contributed by atoms with E-state index in [-0.39, 0.29) is 5.69 Å². The SMILES string of the molecule is Cn1nccc1-c1n[nH]nc1C(=O)OC(C)(C)C. The number of carbonyl (C=O) groups excluding carboxylic acids is 1. The lowest BCUT2D eigenvalue weighted by molar-refractivity contribution is 0.00637. The van der Waals surface area contributed by atoms with Gasteiger partial charge in [-0.05, 0) is 26.8 Å². The van der Waals surface area contributed by atoms with Gasteiger partial charge >= 0.3 is 5.97 Å². The topological polar surface area (TPSA) is 85.7 Å². The van der Waals surface area contributed by atoms with E-state index in [9.17, 15) is 4.79 Å². The van der Waals surface area contributed by atoms with Gasteiger partial charge in [0.2, 0.25) is 0 Å². The quantitative estimate of drug-likeness (QED) is 0.807. The van der Waals surface area contributed by atoms with Crippen LogP contribution in [-0.2, 0) is 11.8 Å². The Hall–Kier alpha value is -2.18. The second-order valence-corrected chi connectivity index (χ2v) is 4.86. The zero-order valence-corrected chi connectivity index (χ0v) is 10.8. The van der Waals surface area contributed by atoms with Gasteiger partial charge in [0, 0.05) is 13.2 Å². The highest BCUT2D eigenvalue weighted by Gasteiger charge is 2.25. The van der Waals surface area contributed by atoms with Crippen molar-refractivity contribution in [1.82, 2.24) is 25.2 Å². The van der Waals surface area contributed by atoms with Gasteiger partial charge < -0.3 is 4.74 Å². The van der Waals surface area contributed by atoms with Crippen LogP contribution in [0.5, 0.6) is 0 Å². The molecule has 0 radical (unpaired) electrons. The number of rotatable bonds is 2. The highest BCUT2D eigenvalue weighted by Crippen LogP contribution is 2.20. The monoisotopic (exact) mass is 249 g/mol. The number of esters is 1. The highest BCUT2D eigenvalue weighted by atomic mass is 16.6. The Morgan fingerprint density at radius 3 is 2.67 bits per heavy atom. The van der Waals surface area contributed by atoms with Crippen molar-refractivity contribution < 1.29 is 9.53 Å². The number of carbonyl (C=O) groups is 1. The normalized spacial score (nSPS) is 11.6. The van der Waals surface area contributed by atoms with E-state index < -0.39 is 11.6 Å². The lowest BCUT2D eigenvalue weighted by atomic mass is 10.2. The number of H-pyrrole nitrogens is 1. The average molecular weight is 249 g/mol. The molecule has 1 N–H and O–H groups in total. The summed E-state index contributed by atoms with van der Waals surface area (Å²) in [6, 6.07) is 1.76. The van der Waals surface area contributed by atoms with Crippen molar-refractivity contribution in [1.29, 1.82) is 0 Å². The number of nitrogens with one attached hydrogen (secondary N) is 1. The van der Waals surface area contributed by atoms with Gasteiger partial charge in [0.15, 0.2) is 5.69 Å². The van der Waals surface area contributed by atoms with Crippen LogP contribution < -0.4 is 0 Å². The smallest absolute Gasteiger partial charge is 0.361 e. The van der Waals surface area contributed by atoms with Crippen molar-refractivity contribution in [3.63, 3.8) is 0 Å². The van der Waals surface area contributed by atoms with Crippen LogP contribution >= 0.6 is 0 Å². The summed E-state index contributed by atoms with van der Waals surface area (Å²) in [5.41, 5.74) is 0.724. The molecule has 7 heteroatoms. The van der Waals surface area contributed by atoms with E-state index >= 15 is 0 Å². The van der Waals surface area contributed by atoms with E-state index in [4.69, 9.17) is 4.74 Å². The fourth-order valence-electron chi connectivity index (χ4n) is 1.48. The largest absolute Gasteiger partial charge is 0.455 e. The predicted molar refractivity (Wildman–Crippen MR) is 63.8 cm³/mol. The fourth-order valence-corrected chi connectivity index (χ4v) is 1.48. The van der Waals surface area contributed by atoms with Crippen LogP contribution in [0.15, 0.2) is 12.3 Å². The molecule has 0 aliphatic rings. The minimum absolute atomic E-state index is 0.161. The maximum atomic E-state index is 12.0. The molecular formula is C11H15N5O2. The molecule has 0 saturated heterocycles. The molecule has 0 bridgehead atoms. The van der Waals surface area contributed by atoms with Crippen molar-refractivity contribution in [2.45, 2.75) is 26.4 Å². The first-order valence-corrected chi connectivity index (χ1v) is 5.51. The van der Waals surface area contributed by atoms with Gasteiger partial charge in [-0.25, -0.2) is 4.79 Å². The van der Waals surface area contributed by atoms with Gasteiger partial charge in [0.05, 0.1) is 5.69 Å². The third-order valence-electron chi connectivity index (χ3n) is 2.20. The average Bonchev–Trinajstić information content (AvgIpc) is 2.82. The number of nitrogens with zero attached hydrogens (tertiary/aromatic N) is 4. The Morgan fingerprint density at radius 1 is 1.39 bits per heavy atom. The Morgan fingerprint density at radius 2 is 2.11 bits per heavy atom. The summed E-state index contributed by atoms with van der Waals surface area (Å²) in [5, 5.41) is 14.3. The number of hydrogen-bond donors (Lipinski definition) is 1. The molecule has 0 aliphatic heterocycles. The number of aryl methyl sites for hydroxylation is 1. The summed E-state index contributed by atoms with van der Waals surface area (Å²) in [7, 11) is 1.77. The maximum Gasteiger partial charge on any atom is 0.361 e. The van der Waals surface area contributed by atoms with E-state index in [1.165, 1.54) is 0 Å². The van der Waals surface area contributed by atoms with Crippen molar-refractivity contribution in [2.24, 2.45) is 7.05 Å². The first-order valence-electron chi connectivity index (χ1n) is 5.51. The summed E-state index contributed by atoms with van der Waals surface area (Å²) < 4.78 is 6.89. The zero-order valence-electron chi connectivity index (χ0n) is 10.8. The molecule has 2 heterocycles. The van der Waals surface area contributed by atoms with Crippen LogP contribution in [0.1, 0.15) is 31.3 Å². The van der Waals surface area contributed by atoms with Gasteiger partial charge in [-0.1, -0.05) is 0 Å². The van der Waals surface area contributed by atoms with Crippen LogP contribution in [0.2, 0.25) is 0 Å². The third kappa shape index (κ3) is 2.39. The summed E-state index contributed by atoms with van der Waals surface area (Å²) in [6.07, 6.45) is 1.63. The van der Waals surface area contributed by atoms with Gasteiger partial charge in [0.25, 0.3) is 0 Å². The molecule has 2 rings (SSSR count). The van der Waals surface area contributed by atoms with E-state index in [1.54, 1.807) is 44.8 Å². The Labute approximate surface area is 104 Å². The first kappa shape index (κ1) is 12.3. The summed E-state index contributed by atoms with van der Waals surface area (Å²) >= 11 is 0. The second-order valence-electron chi connectivity index (χ2n) is 4.86. The molecule has 0 aliphatic carbocycles. The minimum Gasteiger partial charge on any atom is -0.455 e. The summed E-state index contributed by atoms with van der Waals surface area (Å²) in [6.45, 7) is 5.40. The zero-order chi connectivity index (χ0) is 13.3. The molecular weight excluding hydrogens is 234 g/mol. The predicted octanol–water partition coefficient (Wildman–Crippen LogP) is 1.16. The number of ether oxygens (including phenoxy) is 1. The van der Waals surface area contributed by atoms with Gasteiger partial charge in [-0.2, -0.15) is 15.4 Å². The Kier molecular flexibility index (Phi) is 2.90. The highest BCUT2D eigenvalue weighted by molar-refractivity contribution is 5.93. The van der Waals surface area contributed by atoms with Crippen LogP contribution in [0, 0.1) is 0 Å². The molecule has 7 nitrogen and oxygen atoms in total. The van der Waals surface area contributed by atoms with Crippen LogP contribution in [0.25, 0.3) is 11.4 Å². The first-order chi connectivity index (χ1) is 8.38. The van der Waals surface area contributed by atoms with Crippen LogP contribution in [0.3, 0.4) is 0 Å². The van der Waals surface area contributed by atoms with E-state index in [1.807, 2.05) is 0 Å². The molecule has 2 aromatic heterocycles. The van der Waals surface area contributed by atoms with Gasteiger partial charge in [0.1, 0.15) is 11.3 Å². The van der Waals surface area contributed by atoms with Crippen molar-refractivity contribution >= 4 is 5.97 Å². The summed E-state index contributed by atoms with van der Waals surface area (Å²) in [4.78, 5) is 12.0. The van der Waals surface area contributed by atoms with Crippen molar-refractivity contribution in [3.8, 4) is 11.4 Å². The minimum atomic E-state index is -0.570. The lowest BCUT2D eigenvalue weighted by Gasteiger charge is -2.18. The molecule has 96 valence electrons. The number of hydrogen-bond acceptors (Lipinski definition) is 5. The molecule has 0 fully saturated rings. The van der Waals surface area contributed by atoms with E-state index in [2.05, 4.69) is 20.5 Å². The molecule has 0 atom stereocenters. The molecule has 0 spiro atoms. The molecule has 0 unspecified atom stereocenters. The molecule has 0 saturated carbocycles. The molecule has 18 heavy (non-hydrogen) atoms. The standard InChI is InChI=1S/C11H15N5O2/c1-11(2,3)18-10(17)9-8(13-15-14-9)7-5-6-12-16(7)4/h5-6H,1-4H3,(H,13,14,15). The Balaban J connectivity index is 2.34.